The molecule has 0 saturated carbocycles. The smallest absolute Gasteiger partial charge is 0.165 e. The van der Waals surface area contributed by atoms with Gasteiger partial charge in [0.05, 0.1) is 0 Å². The first kappa shape index (κ1) is 12.0. The van der Waals surface area contributed by atoms with Crippen molar-refractivity contribution < 1.29 is 9.50 Å². The maximum absolute atomic E-state index is 13.0. The van der Waals surface area contributed by atoms with Gasteiger partial charge in [-0.25, -0.2) is 4.39 Å². The Labute approximate surface area is 90.1 Å². The van der Waals surface area contributed by atoms with E-state index >= 15 is 0 Å². The molecular weight excluding hydrogens is 193 g/mol. The molecule has 1 aromatic carbocycles. The fraction of sp³-hybridized carbons (Fsp3) is 0.500. The van der Waals surface area contributed by atoms with Gasteiger partial charge in [0.2, 0.25) is 0 Å². The van der Waals surface area contributed by atoms with Crippen molar-refractivity contribution >= 4 is 0 Å². The van der Waals surface area contributed by atoms with Crippen LogP contribution in [0.4, 0.5) is 4.39 Å². The van der Waals surface area contributed by atoms with Crippen molar-refractivity contribution in [2.75, 3.05) is 0 Å². The van der Waals surface area contributed by atoms with Crippen LogP contribution in [-0.4, -0.2) is 10.6 Å². The van der Waals surface area contributed by atoms with Crippen LogP contribution in [0.1, 0.15) is 32.8 Å². The predicted octanol–water partition coefficient (Wildman–Crippen LogP) is 2.81. The first-order valence-corrected chi connectivity index (χ1v) is 5.17. The van der Waals surface area contributed by atoms with E-state index in [0.717, 1.165) is 6.42 Å². The van der Waals surface area contributed by atoms with Crippen molar-refractivity contribution in [3.05, 3.63) is 29.6 Å². The molecule has 0 fully saturated rings. The van der Waals surface area contributed by atoms with Crippen LogP contribution in [0.5, 0.6) is 5.75 Å². The third-order valence-corrected chi connectivity index (χ3v) is 2.71. The van der Waals surface area contributed by atoms with Gasteiger partial charge < -0.3 is 10.4 Å². The molecule has 0 heterocycles. The molecule has 0 aliphatic carbocycles. The van der Waals surface area contributed by atoms with E-state index in [1.165, 1.54) is 6.07 Å². The topological polar surface area (TPSA) is 32.3 Å². The number of para-hydroxylation sites is 1. The summed E-state index contributed by atoms with van der Waals surface area (Å²) in [6.45, 7) is 6.70. The standard InChI is InChI=1S/C12H18FNO/c1-4-12(2,3)14-8-9-6-5-7-10(13)11(9)15/h5-7,14-15H,4,8H2,1-3H3. The summed E-state index contributed by atoms with van der Waals surface area (Å²) in [4.78, 5) is 0. The first-order valence-electron chi connectivity index (χ1n) is 5.17. The molecule has 0 aliphatic rings. The van der Waals surface area contributed by atoms with Crippen molar-refractivity contribution in [3.8, 4) is 5.75 Å². The molecule has 15 heavy (non-hydrogen) atoms. The SMILES string of the molecule is CCC(C)(C)NCc1cccc(F)c1O. The number of hydrogen-bond donors (Lipinski definition) is 2. The Kier molecular flexibility index (Phi) is 3.69. The lowest BCUT2D eigenvalue weighted by Gasteiger charge is -2.24. The molecule has 2 N–H and O–H groups in total. The third kappa shape index (κ3) is 3.20. The summed E-state index contributed by atoms with van der Waals surface area (Å²) in [5.41, 5.74) is 0.593. The van der Waals surface area contributed by atoms with Gasteiger partial charge in [-0.15, -0.1) is 0 Å². The normalized spacial score (nSPS) is 11.7. The Balaban J connectivity index is 2.70. The third-order valence-electron chi connectivity index (χ3n) is 2.71. The molecule has 1 aromatic rings. The number of aromatic hydroxyl groups is 1. The lowest BCUT2D eigenvalue weighted by molar-refractivity contribution is 0.365. The maximum atomic E-state index is 13.0. The zero-order valence-corrected chi connectivity index (χ0v) is 9.47. The zero-order chi connectivity index (χ0) is 11.5. The number of phenolic OH excluding ortho intramolecular Hbond substituents is 1. The highest BCUT2D eigenvalue weighted by molar-refractivity contribution is 5.33. The van der Waals surface area contributed by atoms with Crippen LogP contribution in [-0.2, 0) is 6.54 Å². The second-order valence-electron chi connectivity index (χ2n) is 4.34. The van der Waals surface area contributed by atoms with Gasteiger partial charge in [-0.1, -0.05) is 19.1 Å². The van der Waals surface area contributed by atoms with Gasteiger partial charge in [0.1, 0.15) is 0 Å². The predicted molar refractivity (Wildman–Crippen MR) is 59.3 cm³/mol. The first-order chi connectivity index (χ1) is 6.96. The molecule has 0 amide bonds. The van der Waals surface area contributed by atoms with Gasteiger partial charge in [0, 0.05) is 17.6 Å². The van der Waals surface area contributed by atoms with Crippen LogP contribution in [0.2, 0.25) is 0 Å². The lowest BCUT2D eigenvalue weighted by Crippen LogP contribution is -2.37. The van der Waals surface area contributed by atoms with Crippen molar-refractivity contribution in [2.45, 2.75) is 39.3 Å². The quantitative estimate of drug-likeness (QED) is 0.802. The van der Waals surface area contributed by atoms with Crippen LogP contribution in [0.3, 0.4) is 0 Å². The molecule has 3 heteroatoms. The number of rotatable bonds is 4. The highest BCUT2D eigenvalue weighted by Gasteiger charge is 2.15. The summed E-state index contributed by atoms with van der Waals surface area (Å²) in [5.74, 6) is -0.819. The summed E-state index contributed by atoms with van der Waals surface area (Å²) in [5, 5.41) is 12.7. The van der Waals surface area contributed by atoms with Crippen molar-refractivity contribution in [1.29, 1.82) is 0 Å². The monoisotopic (exact) mass is 211 g/mol. The molecule has 0 radical (unpaired) electrons. The van der Waals surface area contributed by atoms with Crippen LogP contribution < -0.4 is 5.32 Å². The van der Waals surface area contributed by atoms with Gasteiger partial charge >= 0.3 is 0 Å². The van der Waals surface area contributed by atoms with Gasteiger partial charge in [-0.3, -0.25) is 0 Å². The number of benzene rings is 1. The second kappa shape index (κ2) is 4.62. The number of hydrogen-bond acceptors (Lipinski definition) is 2. The van der Waals surface area contributed by atoms with E-state index in [2.05, 4.69) is 26.1 Å². The van der Waals surface area contributed by atoms with E-state index < -0.39 is 5.82 Å². The Hall–Kier alpha value is -1.09. The Morgan fingerprint density at radius 1 is 1.40 bits per heavy atom. The molecule has 1 rings (SSSR count). The van der Waals surface area contributed by atoms with E-state index in [4.69, 9.17) is 0 Å². The number of halogens is 1. The van der Waals surface area contributed by atoms with Gasteiger partial charge in [-0.2, -0.15) is 0 Å². The van der Waals surface area contributed by atoms with E-state index in [1.54, 1.807) is 12.1 Å². The minimum absolute atomic E-state index is 0.00123. The second-order valence-corrected chi connectivity index (χ2v) is 4.34. The van der Waals surface area contributed by atoms with E-state index in [0.29, 0.717) is 12.1 Å². The van der Waals surface area contributed by atoms with Crippen LogP contribution in [0.15, 0.2) is 18.2 Å². The van der Waals surface area contributed by atoms with E-state index in [-0.39, 0.29) is 11.3 Å². The molecule has 0 atom stereocenters. The number of phenols is 1. The Bertz CT molecular complexity index is 336. The van der Waals surface area contributed by atoms with E-state index in [1.807, 2.05) is 0 Å². The molecule has 0 spiro atoms. The average Bonchev–Trinajstić information content (AvgIpc) is 2.20. The molecular formula is C12H18FNO. The molecule has 2 nitrogen and oxygen atoms in total. The van der Waals surface area contributed by atoms with Gasteiger partial charge in [-0.05, 0) is 26.3 Å². The summed E-state index contributed by atoms with van der Waals surface area (Å²) in [7, 11) is 0. The highest BCUT2D eigenvalue weighted by Crippen LogP contribution is 2.21. The minimum atomic E-state index is -0.566. The fourth-order valence-electron chi connectivity index (χ4n) is 1.16. The van der Waals surface area contributed by atoms with Gasteiger partial charge in [0.25, 0.3) is 0 Å². The fourth-order valence-corrected chi connectivity index (χ4v) is 1.16. The Morgan fingerprint density at radius 2 is 2.07 bits per heavy atom. The Morgan fingerprint density at radius 3 is 2.67 bits per heavy atom. The molecule has 0 aromatic heterocycles. The summed E-state index contributed by atoms with van der Waals surface area (Å²) < 4.78 is 13.0. The van der Waals surface area contributed by atoms with Crippen LogP contribution in [0, 0.1) is 5.82 Å². The van der Waals surface area contributed by atoms with Crippen molar-refractivity contribution in [3.63, 3.8) is 0 Å². The summed E-state index contributed by atoms with van der Waals surface area (Å²) >= 11 is 0. The maximum Gasteiger partial charge on any atom is 0.165 e. The number of nitrogens with one attached hydrogen (secondary N) is 1. The lowest BCUT2D eigenvalue weighted by atomic mass is 10.0. The molecule has 84 valence electrons. The minimum Gasteiger partial charge on any atom is -0.505 e. The van der Waals surface area contributed by atoms with Gasteiger partial charge in [0.15, 0.2) is 11.6 Å². The summed E-state index contributed by atoms with van der Waals surface area (Å²) in [6.07, 6.45) is 0.975. The largest absolute Gasteiger partial charge is 0.505 e. The molecule has 0 unspecified atom stereocenters. The van der Waals surface area contributed by atoms with Crippen LogP contribution in [0.25, 0.3) is 0 Å². The van der Waals surface area contributed by atoms with E-state index in [9.17, 15) is 9.50 Å². The van der Waals surface area contributed by atoms with Crippen molar-refractivity contribution in [2.24, 2.45) is 0 Å². The van der Waals surface area contributed by atoms with Crippen molar-refractivity contribution in [1.82, 2.24) is 5.32 Å². The average molecular weight is 211 g/mol. The molecule has 0 bridgehead atoms. The molecule has 0 saturated heterocycles. The summed E-state index contributed by atoms with van der Waals surface area (Å²) in [6, 6.07) is 4.58. The highest BCUT2D eigenvalue weighted by atomic mass is 19.1. The van der Waals surface area contributed by atoms with Crippen LogP contribution >= 0.6 is 0 Å². The molecule has 0 aliphatic heterocycles. The zero-order valence-electron chi connectivity index (χ0n) is 9.47.